The van der Waals surface area contributed by atoms with Gasteiger partial charge < -0.3 is 9.47 Å². The maximum atomic E-state index is 5.68. The number of ether oxygens (including phenoxy) is 2. The molecule has 0 aliphatic heterocycles. The lowest BCUT2D eigenvalue weighted by Gasteiger charge is -2.05. The van der Waals surface area contributed by atoms with Gasteiger partial charge in [-0.1, -0.05) is 23.1 Å². The average molecular weight is 321 g/mol. The van der Waals surface area contributed by atoms with Crippen LogP contribution in [-0.4, -0.2) is 34.1 Å². The molecule has 0 aliphatic carbocycles. The minimum Gasteiger partial charge on any atom is -0.497 e. The van der Waals surface area contributed by atoms with Crippen molar-refractivity contribution < 1.29 is 9.47 Å². The third kappa shape index (κ3) is 3.48. The number of hydrogen-bond acceptors (Lipinski definition) is 6. The third-order valence-electron chi connectivity index (χ3n) is 2.78. The predicted octanol–water partition coefficient (Wildman–Crippen LogP) is 3.28. The fourth-order valence-electron chi connectivity index (χ4n) is 1.81. The smallest absolute Gasteiger partial charge is 0.213 e. The topological polar surface area (TPSA) is 48.7 Å². The molecule has 0 radical (unpaired) electrons. The van der Waals surface area contributed by atoms with Crippen LogP contribution in [0.2, 0.25) is 0 Å². The van der Waals surface area contributed by atoms with Gasteiger partial charge >= 0.3 is 0 Å². The standard InChI is InChI=1S/C14H15N3O2S2/c1-10-9-17-13(15-10)21-14(16-17)20-8-7-19-12-5-3-11(18-2)4-6-12/h3-6,9H,7-8H2,1-2H3. The first kappa shape index (κ1) is 14.2. The first-order valence-corrected chi connectivity index (χ1v) is 8.27. The summed E-state index contributed by atoms with van der Waals surface area (Å²) in [4.78, 5) is 5.32. The molecule has 0 aliphatic rings. The largest absolute Gasteiger partial charge is 0.497 e. The lowest BCUT2D eigenvalue weighted by Crippen LogP contribution is -1.99. The van der Waals surface area contributed by atoms with Crippen molar-refractivity contribution in [2.45, 2.75) is 11.3 Å². The molecule has 0 unspecified atom stereocenters. The molecule has 1 aromatic carbocycles. The zero-order chi connectivity index (χ0) is 14.7. The Bertz CT molecular complexity index is 690. The van der Waals surface area contributed by atoms with E-state index in [0.717, 1.165) is 32.2 Å². The van der Waals surface area contributed by atoms with Crippen LogP contribution < -0.4 is 9.47 Å². The Morgan fingerprint density at radius 1 is 1.24 bits per heavy atom. The van der Waals surface area contributed by atoms with Gasteiger partial charge in [0, 0.05) is 5.75 Å². The Morgan fingerprint density at radius 2 is 2.00 bits per heavy atom. The first-order valence-electron chi connectivity index (χ1n) is 6.47. The van der Waals surface area contributed by atoms with E-state index in [0.29, 0.717) is 6.61 Å². The minimum absolute atomic E-state index is 0.637. The van der Waals surface area contributed by atoms with Crippen LogP contribution in [0.3, 0.4) is 0 Å². The highest BCUT2D eigenvalue weighted by molar-refractivity contribution is 8.01. The third-order valence-corrected chi connectivity index (χ3v) is 4.80. The fraction of sp³-hybridized carbons (Fsp3) is 0.286. The number of rotatable bonds is 6. The second-order valence-corrected chi connectivity index (χ2v) is 6.65. The molecule has 3 aromatic rings. The predicted molar refractivity (Wildman–Crippen MR) is 84.8 cm³/mol. The summed E-state index contributed by atoms with van der Waals surface area (Å²) in [5.74, 6) is 2.53. The van der Waals surface area contributed by atoms with Crippen LogP contribution in [0, 0.1) is 6.92 Å². The molecule has 0 bridgehead atoms. The number of benzene rings is 1. The average Bonchev–Trinajstić information content (AvgIpc) is 3.01. The zero-order valence-electron chi connectivity index (χ0n) is 11.8. The summed E-state index contributed by atoms with van der Waals surface area (Å²) in [6.45, 7) is 2.61. The molecule has 0 atom stereocenters. The van der Waals surface area contributed by atoms with Crippen LogP contribution in [0.15, 0.2) is 34.8 Å². The normalized spacial score (nSPS) is 11.0. The van der Waals surface area contributed by atoms with Crippen molar-refractivity contribution in [2.24, 2.45) is 0 Å². The van der Waals surface area contributed by atoms with E-state index < -0.39 is 0 Å². The lowest BCUT2D eigenvalue weighted by molar-refractivity contribution is 0.342. The molecule has 3 rings (SSSR count). The van der Waals surface area contributed by atoms with Crippen LogP contribution in [0.5, 0.6) is 11.5 Å². The maximum Gasteiger partial charge on any atom is 0.213 e. The van der Waals surface area contributed by atoms with Gasteiger partial charge in [-0.15, -0.1) is 5.10 Å². The van der Waals surface area contributed by atoms with Crippen molar-refractivity contribution in [2.75, 3.05) is 19.5 Å². The molecular formula is C14H15N3O2S2. The zero-order valence-corrected chi connectivity index (χ0v) is 13.4. The Morgan fingerprint density at radius 3 is 2.71 bits per heavy atom. The monoisotopic (exact) mass is 321 g/mol. The first-order chi connectivity index (χ1) is 10.2. The van der Waals surface area contributed by atoms with Gasteiger partial charge in [0.15, 0.2) is 4.34 Å². The van der Waals surface area contributed by atoms with Gasteiger partial charge in [-0.05, 0) is 31.2 Å². The fourth-order valence-corrected chi connectivity index (χ4v) is 3.67. The second-order valence-electron chi connectivity index (χ2n) is 4.35. The van der Waals surface area contributed by atoms with Gasteiger partial charge in [0.05, 0.1) is 25.6 Å². The Kier molecular flexibility index (Phi) is 4.31. The van der Waals surface area contributed by atoms with Gasteiger partial charge in [0.2, 0.25) is 4.96 Å². The summed E-state index contributed by atoms with van der Waals surface area (Å²) in [6.07, 6.45) is 1.93. The highest BCUT2D eigenvalue weighted by Crippen LogP contribution is 2.25. The second kappa shape index (κ2) is 6.36. The van der Waals surface area contributed by atoms with E-state index in [1.54, 1.807) is 30.2 Å². The van der Waals surface area contributed by atoms with Gasteiger partial charge in [0.1, 0.15) is 11.5 Å². The molecule has 0 saturated heterocycles. The molecule has 110 valence electrons. The van der Waals surface area contributed by atoms with Crippen LogP contribution in [-0.2, 0) is 0 Å². The van der Waals surface area contributed by atoms with Crippen LogP contribution >= 0.6 is 23.1 Å². The van der Waals surface area contributed by atoms with Crippen molar-refractivity contribution in [3.63, 3.8) is 0 Å². The number of hydrogen-bond donors (Lipinski definition) is 0. The van der Waals surface area contributed by atoms with Crippen LogP contribution in [0.4, 0.5) is 0 Å². The van der Waals surface area contributed by atoms with Gasteiger partial charge in [-0.25, -0.2) is 9.50 Å². The molecular weight excluding hydrogens is 306 g/mol. The summed E-state index contributed by atoms with van der Waals surface area (Å²) in [7, 11) is 1.65. The molecule has 0 spiro atoms. The number of methoxy groups -OCH3 is 1. The summed E-state index contributed by atoms with van der Waals surface area (Å²) in [5, 5.41) is 4.46. The minimum atomic E-state index is 0.637. The van der Waals surface area contributed by atoms with Gasteiger partial charge in [0.25, 0.3) is 0 Å². The van der Waals surface area contributed by atoms with Crippen molar-refractivity contribution >= 4 is 28.1 Å². The molecule has 7 heteroatoms. The number of aromatic nitrogens is 3. The van der Waals surface area contributed by atoms with Crippen LogP contribution in [0.1, 0.15) is 5.69 Å². The number of imidazole rings is 1. The van der Waals surface area contributed by atoms with Crippen molar-refractivity contribution in [1.29, 1.82) is 0 Å². The van der Waals surface area contributed by atoms with Gasteiger partial charge in [-0.3, -0.25) is 0 Å². The summed E-state index contributed by atoms with van der Waals surface area (Å²) < 4.78 is 13.6. The quantitative estimate of drug-likeness (QED) is 0.515. The maximum absolute atomic E-state index is 5.68. The Balaban J connectivity index is 1.47. The number of nitrogens with zero attached hydrogens (tertiary/aromatic N) is 3. The molecule has 2 heterocycles. The van der Waals surface area contributed by atoms with E-state index in [1.807, 2.05) is 41.9 Å². The summed E-state index contributed by atoms with van der Waals surface area (Å²) >= 11 is 3.28. The molecule has 0 fully saturated rings. The van der Waals surface area contributed by atoms with E-state index in [1.165, 1.54) is 0 Å². The van der Waals surface area contributed by atoms with E-state index in [9.17, 15) is 0 Å². The molecule has 0 amide bonds. The van der Waals surface area contributed by atoms with Crippen molar-refractivity contribution in [3.05, 3.63) is 36.2 Å². The van der Waals surface area contributed by atoms with E-state index >= 15 is 0 Å². The lowest BCUT2D eigenvalue weighted by atomic mass is 10.3. The summed E-state index contributed by atoms with van der Waals surface area (Å²) in [5.41, 5.74) is 0.994. The van der Waals surface area contributed by atoms with E-state index in [2.05, 4.69) is 10.1 Å². The number of fused-ring (bicyclic) bond motifs is 1. The Hall–Kier alpha value is -1.73. The Labute approximate surface area is 130 Å². The number of aryl methyl sites for hydroxylation is 1. The highest BCUT2D eigenvalue weighted by Gasteiger charge is 2.06. The molecule has 5 nitrogen and oxygen atoms in total. The molecule has 21 heavy (non-hydrogen) atoms. The summed E-state index contributed by atoms with van der Waals surface area (Å²) in [6, 6.07) is 7.59. The SMILES string of the molecule is COc1ccc(OCCSc2nn3cc(C)nc3s2)cc1. The number of thioether (sulfide) groups is 1. The van der Waals surface area contributed by atoms with Crippen molar-refractivity contribution in [3.8, 4) is 11.5 Å². The molecule has 2 aromatic heterocycles. The molecule has 0 N–H and O–H groups in total. The van der Waals surface area contributed by atoms with Crippen LogP contribution in [0.25, 0.3) is 4.96 Å². The van der Waals surface area contributed by atoms with Gasteiger partial charge in [-0.2, -0.15) is 0 Å². The van der Waals surface area contributed by atoms with Crippen molar-refractivity contribution in [1.82, 2.24) is 14.6 Å². The van der Waals surface area contributed by atoms with E-state index in [4.69, 9.17) is 9.47 Å². The molecule has 0 saturated carbocycles. The van der Waals surface area contributed by atoms with E-state index in [-0.39, 0.29) is 0 Å². The highest BCUT2D eigenvalue weighted by atomic mass is 32.2.